The van der Waals surface area contributed by atoms with Gasteiger partial charge >= 0.3 is 6.18 Å². The number of H-pyrrole nitrogens is 1. The summed E-state index contributed by atoms with van der Waals surface area (Å²) in [6, 6.07) is 0.300. The highest BCUT2D eigenvalue weighted by atomic mass is 35.5. The van der Waals surface area contributed by atoms with Gasteiger partial charge in [-0.3, -0.25) is 4.79 Å². The number of piperazine rings is 1. The topological polar surface area (TPSA) is 73.9 Å². The van der Waals surface area contributed by atoms with Crippen LogP contribution in [-0.2, 0) is 0 Å². The van der Waals surface area contributed by atoms with Gasteiger partial charge in [-0.15, -0.1) is 0 Å². The number of anilines is 1. The van der Waals surface area contributed by atoms with Gasteiger partial charge in [-0.05, 0) is 13.0 Å². The molecule has 0 saturated carbocycles. The van der Waals surface area contributed by atoms with Crippen molar-refractivity contribution in [1.29, 1.82) is 0 Å². The lowest BCUT2D eigenvalue weighted by Gasteiger charge is -2.40. The summed E-state index contributed by atoms with van der Waals surface area (Å²) in [5.41, 5.74) is -0.499. The number of hydrogen-bond acceptors (Lipinski definition) is 5. The molecule has 2 N–H and O–H groups in total. The molecule has 6 nitrogen and oxygen atoms in total. The number of nitrogens with one attached hydrogen (secondary N) is 2. The van der Waals surface area contributed by atoms with Gasteiger partial charge in [0.15, 0.2) is 5.82 Å². The lowest BCUT2D eigenvalue weighted by molar-refractivity contribution is -0.156. The molecule has 1 aliphatic rings. The van der Waals surface area contributed by atoms with Gasteiger partial charge in [0.2, 0.25) is 5.95 Å². The van der Waals surface area contributed by atoms with Crippen LogP contribution in [0.15, 0.2) is 23.1 Å². The Hall–Kier alpha value is -2.20. The van der Waals surface area contributed by atoms with Crippen LogP contribution in [0.3, 0.4) is 0 Å². The van der Waals surface area contributed by atoms with Gasteiger partial charge in [-0.2, -0.15) is 17.6 Å². The first-order chi connectivity index (χ1) is 12.2. The Kier molecular flexibility index (Phi) is 4.89. The second-order valence-corrected chi connectivity index (χ2v) is 6.30. The molecule has 0 spiro atoms. The minimum absolute atomic E-state index is 0.00927. The smallest absolute Gasteiger partial charge is 0.349 e. The summed E-state index contributed by atoms with van der Waals surface area (Å²) in [6.45, 7) is 1.27. The van der Waals surface area contributed by atoms with Crippen LogP contribution in [0.2, 0.25) is 5.02 Å². The fraction of sp³-hybridized carbons (Fsp3) is 0.400. The predicted molar refractivity (Wildman–Crippen MR) is 87.7 cm³/mol. The molecule has 0 radical (unpaired) electrons. The second kappa shape index (κ2) is 6.84. The monoisotopic (exact) mass is 391 g/mol. The molecule has 0 aromatic carbocycles. The number of alkyl halides is 3. The van der Waals surface area contributed by atoms with E-state index in [4.69, 9.17) is 11.6 Å². The van der Waals surface area contributed by atoms with E-state index >= 15 is 0 Å². The average molecular weight is 392 g/mol. The molecule has 2 atom stereocenters. The SMILES string of the molecule is C[C@H]1CNC(C(F)(F)F)CN1c1nc(-c2ccnc(F)c2)[nH]c(=O)c1Cl. The van der Waals surface area contributed by atoms with Gasteiger partial charge < -0.3 is 15.2 Å². The summed E-state index contributed by atoms with van der Waals surface area (Å²) in [6.07, 6.45) is -3.27. The van der Waals surface area contributed by atoms with Gasteiger partial charge in [0.05, 0.1) is 0 Å². The fourth-order valence-corrected chi connectivity index (χ4v) is 2.90. The molecular weight excluding hydrogens is 378 g/mol. The van der Waals surface area contributed by atoms with Crippen LogP contribution in [-0.4, -0.2) is 46.3 Å². The molecule has 0 bridgehead atoms. The molecular formula is C15H14ClF4N5O. The van der Waals surface area contributed by atoms with E-state index in [2.05, 4.69) is 20.3 Å². The van der Waals surface area contributed by atoms with Crippen LogP contribution in [0.25, 0.3) is 11.4 Å². The van der Waals surface area contributed by atoms with Crippen LogP contribution < -0.4 is 15.8 Å². The van der Waals surface area contributed by atoms with E-state index in [0.29, 0.717) is 0 Å². The third-order valence-corrected chi connectivity index (χ3v) is 4.42. The molecule has 0 amide bonds. The molecule has 1 aliphatic heterocycles. The predicted octanol–water partition coefficient (Wildman–Crippen LogP) is 2.35. The van der Waals surface area contributed by atoms with Crippen molar-refractivity contribution >= 4 is 17.4 Å². The molecule has 2 aromatic rings. The lowest BCUT2D eigenvalue weighted by atomic mass is 10.1. The van der Waals surface area contributed by atoms with Crippen molar-refractivity contribution in [3.05, 3.63) is 39.7 Å². The molecule has 1 saturated heterocycles. The van der Waals surface area contributed by atoms with Crippen molar-refractivity contribution in [2.24, 2.45) is 0 Å². The molecule has 2 aromatic heterocycles. The largest absolute Gasteiger partial charge is 0.405 e. The van der Waals surface area contributed by atoms with Gasteiger partial charge in [-0.1, -0.05) is 11.6 Å². The van der Waals surface area contributed by atoms with E-state index in [0.717, 1.165) is 6.07 Å². The van der Waals surface area contributed by atoms with Gasteiger partial charge in [0.1, 0.15) is 16.9 Å². The standard InChI is InChI=1S/C15H14ClF4N5O/c1-7-5-22-9(15(18,19)20)6-25(7)13-11(16)14(26)24-12(23-13)8-2-3-21-10(17)4-8/h2-4,7,9,22H,5-6H2,1H3,(H,23,24,26)/t7-,9?/m0/s1. The van der Waals surface area contributed by atoms with E-state index in [1.165, 1.54) is 17.2 Å². The molecule has 0 aliphatic carbocycles. The highest BCUT2D eigenvalue weighted by Crippen LogP contribution is 2.30. The van der Waals surface area contributed by atoms with E-state index in [9.17, 15) is 22.4 Å². The summed E-state index contributed by atoms with van der Waals surface area (Å²) in [5.74, 6) is -0.870. The molecule has 3 heterocycles. The van der Waals surface area contributed by atoms with Crippen LogP contribution >= 0.6 is 11.6 Å². The maximum absolute atomic E-state index is 13.3. The quantitative estimate of drug-likeness (QED) is 0.607. The van der Waals surface area contributed by atoms with Gasteiger partial charge in [0.25, 0.3) is 5.56 Å². The molecule has 1 unspecified atom stereocenters. The molecule has 140 valence electrons. The first-order valence-corrected chi connectivity index (χ1v) is 8.03. The van der Waals surface area contributed by atoms with Crippen molar-refractivity contribution in [2.45, 2.75) is 25.2 Å². The maximum Gasteiger partial charge on any atom is 0.405 e. The van der Waals surface area contributed by atoms with Crippen LogP contribution in [0.5, 0.6) is 0 Å². The Labute approximate surface area is 150 Å². The lowest BCUT2D eigenvalue weighted by Crippen LogP contribution is -2.61. The van der Waals surface area contributed by atoms with E-state index < -0.39 is 30.3 Å². The van der Waals surface area contributed by atoms with E-state index in [1.54, 1.807) is 6.92 Å². The number of halogens is 5. The second-order valence-electron chi connectivity index (χ2n) is 5.92. The number of nitrogens with zero attached hydrogens (tertiary/aromatic N) is 3. The van der Waals surface area contributed by atoms with Crippen molar-refractivity contribution in [3.8, 4) is 11.4 Å². The van der Waals surface area contributed by atoms with Crippen LogP contribution in [0, 0.1) is 5.95 Å². The fourth-order valence-electron chi connectivity index (χ4n) is 2.70. The Morgan fingerprint density at radius 3 is 2.77 bits per heavy atom. The molecule has 26 heavy (non-hydrogen) atoms. The molecule has 11 heteroatoms. The zero-order valence-electron chi connectivity index (χ0n) is 13.4. The molecule has 1 fully saturated rings. The van der Waals surface area contributed by atoms with Gasteiger partial charge in [-0.25, -0.2) is 9.97 Å². The Morgan fingerprint density at radius 1 is 1.38 bits per heavy atom. The maximum atomic E-state index is 13.3. The number of hydrogen-bond donors (Lipinski definition) is 2. The van der Waals surface area contributed by atoms with Crippen LogP contribution in [0.4, 0.5) is 23.4 Å². The summed E-state index contributed by atoms with van der Waals surface area (Å²) in [5, 5.41) is 2.09. The normalized spacial score (nSPS) is 21.1. The van der Waals surface area contributed by atoms with Crippen molar-refractivity contribution in [1.82, 2.24) is 20.3 Å². The Morgan fingerprint density at radius 2 is 2.12 bits per heavy atom. The zero-order valence-corrected chi connectivity index (χ0v) is 14.2. The highest BCUT2D eigenvalue weighted by molar-refractivity contribution is 6.32. The number of rotatable bonds is 2. The first-order valence-electron chi connectivity index (χ1n) is 7.65. The van der Waals surface area contributed by atoms with E-state index in [1.807, 2.05) is 0 Å². The minimum atomic E-state index is -4.46. The number of pyridine rings is 1. The number of aromatic nitrogens is 3. The number of aromatic amines is 1. The first kappa shape index (κ1) is 18.6. The average Bonchev–Trinajstić information content (AvgIpc) is 2.57. The highest BCUT2D eigenvalue weighted by Gasteiger charge is 2.44. The molecule has 3 rings (SSSR count). The third-order valence-electron chi connectivity index (χ3n) is 4.08. The minimum Gasteiger partial charge on any atom is -0.349 e. The van der Waals surface area contributed by atoms with Gasteiger partial charge in [0, 0.05) is 37.0 Å². The summed E-state index contributed by atoms with van der Waals surface area (Å²) in [4.78, 5) is 23.5. The zero-order chi connectivity index (χ0) is 19.1. The summed E-state index contributed by atoms with van der Waals surface area (Å²) in [7, 11) is 0. The van der Waals surface area contributed by atoms with Crippen molar-refractivity contribution in [2.75, 3.05) is 18.0 Å². The Bertz CT molecular complexity index is 872. The summed E-state index contributed by atoms with van der Waals surface area (Å²) >= 11 is 6.01. The Balaban J connectivity index is 2.05. The van der Waals surface area contributed by atoms with Crippen molar-refractivity contribution < 1.29 is 17.6 Å². The summed E-state index contributed by atoms with van der Waals surface area (Å²) < 4.78 is 52.5. The van der Waals surface area contributed by atoms with Crippen LogP contribution in [0.1, 0.15) is 6.92 Å². The van der Waals surface area contributed by atoms with E-state index in [-0.39, 0.29) is 34.8 Å². The third kappa shape index (κ3) is 3.65. The van der Waals surface area contributed by atoms with Crippen molar-refractivity contribution in [3.63, 3.8) is 0 Å².